The van der Waals surface area contributed by atoms with Gasteiger partial charge in [0.1, 0.15) is 0 Å². The van der Waals surface area contributed by atoms with Crippen molar-refractivity contribution < 1.29 is 9.90 Å². The van der Waals surface area contributed by atoms with Crippen LogP contribution in [0.2, 0.25) is 5.02 Å². The van der Waals surface area contributed by atoms with E-state index in [9.17, 15) is 9.59 Å². The molecule has 2 rings (SSSR count). The Kier molecular flexibility index (Phi) is 2.90. The van der Waals surface area contributed by atoms with Gasteiger partial charge in [-0.25, -0.2) is 0 Å². The molecule has 88 valence electrons. The lowest BCUT2D eigenvalue weighted by molar-refractivity contribution is -0.136. The van der Waals surface area contributed by atoms with Crippen LogP contribution in [-0.2, 0) is 11.2 Å². The number of carbonyl (C=O) groups is 1. The van der Waals surface area contributed by atoms with Crippen molar-refractivity contribution in [2.24, 2.45) is 0 Å². The fourth-order valence-electron chi connectivity index (χ4n) is 1.73. The lowest BCUT2D eigenvalue weighted by atomic mass is 10.1. The fourth-order valence-corrected chi connectivity index (χ4v) is 1.89. The van der Waals surface area contributed by atoms with Crippen molar-refractivity contribution in [2.45, 2.75) is 13.3 Å². The standard InChI is InChI=1S/C12H10ClNO3/c1-6-9(13)3-2-7-4-8(5-10(15)16)12(17)14-11(6)7/h2-4H,5H2,1H3,(H,14,17)(H,15,16). The highest BCUT2D eigenvalue weighted by Crippen LogP contribution is 2.23. The van der Waals surface area contributed by atoms with Crippen LogP contribution in [0.25, 0.3) is 10.9 Å². The second kappa shape index (κ2) is 4.22. The normalized spacial score (nSPS) is 10.7. The predicted molar refractivity (Wildman–Crippen MR) is 65.7 cm³/mol. The second-order valence-corrected chi connectivity index (χ2v) is 4.24. The average molecular weight is 252 g/mol. The summed E-state index contributed by atoms with van der Waals surface area (Å²) in [5, 5.41) is 10.0. The molecule has 0 saturated carbocycles. The number of carboxylic acid groups (broad SMARTS) is 1. The van der Waals surface area contributed by atoms with Crippen molar-refractivity contribution in [2.75, 3.05) is 0 Å². The molecule has 1 aromatic heterocycles. The first-order chi connectivity index (χ1) is 7.99. The molecule has 0 aliphatic heterocycles. The van der Waals surface area contributed by atoms with Crippen LogP contribution in [0.4, 0.5) is 0 Å². The summed E-state index contributed by atoms with van der Waals surface area (Å²) in [7, 11) is 0. The number of pyridine rings is 1. The van der Waals surface area contributed by atoms with Gasteiger partial charge in [0.25, 0.3) is 5.56 Å². The molecule has 0 aliphatic carbocycles. The van der Waals surface area contributed by atoms with Gasteiger partial charge in [0.15, 0.2) is 0 Å². The molecule has 4 nitrogen and oxygen atoms in total. The SMILES string of the molecule is Cc1c(Cl)ccc2cc(CC(=O)O)c(=O)[nH]c12. The highest BCUT2D eigenvalue weighted by Gasteiger charge is 2.09. The molecule has 0 unspecified atom stereocenters. The molecule has 0 spiro atoms. The summed E-state index contributed by atoms with van der Waals surface area (Å²) in [6, 6.07) is 5.07. The number of rotatable bonds is 2. The third-order valence-electron chi connectivity index (χ3n) is 2.63. The van der Waals surface area contributed by atoms with Gasteiger partial charge in [0, 0.05) is 10.6 Å². The number of aryl methyl sites for hydroxylation is 1. The predicted octanol–water partition coefficient (Wildman–Crippen LogP) is 2.12. The van der Waals surface area contributed by atoms with E-state index in [-0.39, 0.29) is 17.5 Å². The number of halogens is 1. The molecule has 0 aliphatic rings. The van der Waals surface area contributed by atoms with Crippen LogP contribution in [0.3, 0.4) is 0 Å². The Hall–Kier alpha value is -1.81. The van der Waals surface area contributed by atoms with Crippen LogP contribution < -0.4 is 5.56 Å². The van der Waals surface area contributed by atoms with Crippen LogP contribution in [0.5, 0.6) is 0 Å². The summed E-state index contributed by atoms with van der Waals surface area (Å²) >= 11 is 5.95. The number of aliphatic carboxylic acids is 1. The van der Waals surface area contributed by atoms with Gasteiger partial charge < -0.3 is 10.1 Å². The first-order valence-electron chi connectivity index (χ1n) is 5.02. The quantitative estimate of drug-likeness (QED) is 0.859. The molecule has 1 heterocycles. The van der Waals surface area contributed by atoms with E-state index in [1.54, 1.807) is 25.1 Å². The van der Waals surface area contributed by atoms with Crippen molar-refractivity contribution in [3.63, 3.8) is 0 Å². The van der Waals surface area contributed by atoms with Gasteiger partial charge >= 0.3 is 5.97 Å². The molecule has 2 aromatic rings. The van der Waals surface area contributed by atoms with Crippen LogP contribution in [-0.4, -0.2) is 16.1 Å². The van der Waals surface area contributed by atoms with E-state index in [0.717, 1.165) is 10.9 Å². The van der Waals surface area contributed by atoms with E-state index < -0.39 is 5.97 Å². The number of fused-ring (bicyclic) bond motifs is 1. The van der Waals surface area contributed by atoms with Gasteiger partial charge in [0.05, 0.1) is 11.9 Å². The summed E-state index contributed by atoms with van der Waals surface area (Å²) in [5.74, 6) is -1.03. The molecule has 0 radical (unpaired) electrons. The second-order valence-electron chi connectivity index (χ2n) is 3.83. The summed E-state index contributed by atoms with van der Waals surface area (Å²) in [6.45, 7) is 1.80. The summed E-state index contributed by atoms with van der Waals surface area (Å²) in [5.41, 5.74) is 1.29. The smallest absolute Gasteiger partial charge is 0.308 e. The largest absolute Gasteiger partial charge is 0.481 e. The van der Waals surface area contributed by atoms with Gasteiger partial charge in [-0.3, -0.25) is 9.59 Å². The molecule has 0 saturated heterocycles. The van der Waals surface area contributed by atoms with Crippen molar-refractivity contribution in [1.82, 2.24) is 4.98 Å². The minimum atomic E-state index is -1.03. The maximum absolute atomic E-state index is 11.7. The zero-order valence-electron chi connectivity index (χ0n) is 9.08. The Morgan fingerprint density at radius 3 is 2.82 bits per heavy atom. The summed E-state index contributed by atoms with van der Waals surface area (Å²) in [6.07, 6.45) is -0.285. The van der Waals surface area contributed by atoms with Crippen molar-refractivity contribution in [3.8, 4) is 0 Å². The van der Waals surface area contributed by atoms with Crippen LogP contribution >= 0.6 is 11.6 Å². The summed E-state index contributed by atoms with van der Waals surface area (Å²) in [4.78, 5) is 24.9. The van der Waals surface area contributed by atoms with Crippen molar-refractivity contribution in [1.29, 1.82) is 0 Å². The van der Waals surface area contributed by atoms with Crippen LogP contribution in [0, 0.1) is 6.92 Å². The van der Waals surface area contributed by atoms with E-state index in [0.29, 0.717) is 10.5 Å². The van der Waals surface area contributed by atoms with E-state index in [1.807, 2.05) is 0 Å². The monoisotopic (exact) mass is 251 g/mol. The van der Waals surface area contributed by atoms with E-state index in [1.165, 1.54) is 0 Å². The molecule has 17 heavy (non-hydrogen) atoms. The topological polar surface area (TPSA) is 70.2 Å². The van der Waals surface area contributed by atoms with E-state index >= 15 is 0 Å². The van der Waals surface area contributed by atoms with Gasteiger partial charge in [0.2, 0.25) is 0 Å². The van der Waals surface area contributed by atoms with Crippen molar-refractivity contribution >= 4 is 28.5 Å². The Morgan fingerprint density at radius 2 is 2.18 bits per heavy atom. The fraction of sp³-hybridized carbons (Fsp3) is 0.167. The zero-order chi connectivity index (χ0) is 12.6. The Bertz CT molecular complexity index is 661. The zero-order valence-corrected chi connectivity index (χ0v) is 9.84. The van der Waals surface area contributed by atoms with E-state index in [2.05, 4.69) is 4.98 Å². The number of nitrogens with one attached hydrogen (secondary N) is 1. The Balaban J connectivity index is 2.71. The summed E-state index contributed by atoms with van der Waals surface area (Å²) < 4.78 is 0. The maximum atomic E-state index is 11.7. The molecule has 0 bridgehead atoms. The molecular weight excluding hydrogens is 242 g/mol. The molecular formula is C12H10ClNO3. The maximum Gasteiger partial charge on any atom is 0.308 e. The first-order valence-corrected chi connectivity index (χ1v) is 5.39. The number of aromatic nitrogens is 1. The number of hydrogen-bond acceptors (Lipinski definition) is 2. The third-order valence-corrected chi connectivity index (χ3v) is 3.04. The molecule has 0 fully saturated rings. The molecule has 2 N–H and O–H groups in total. The van der Waals surface area contributed by atoms with Crippen LogP contribution in [0.1, 0.15) is 11.1 Å². The van der Waals surface area contributed by atoms with Gasteiger partial charge in [-0.05, 0) is 30.0 Å². The minimum absolute atomic E-state index is 0.242. The number of H-pyrrole nitrogens is 1. The van der Waals surface area contributed by atoms with E-state index in [4.69, 9.17) is 16.7 Å². The van der Waals surface area contributed by atoms with Gasteiger partial charge in [-0.2, -0.15) is 0 Å². The van der Waals surface area contributed by atoms with Crippen LogP contribution in [0.15, 0.2) is 23.0 Å². The third kappa shape index (κ3) is 2.17. The Morgan fingerprint density at radius 1 is 1.47 bits per heavy atom. The molecule has 0 atom stereocenters. The molecule has 5 heteroatoms. The van der Waals surface area contributed by atoms with Gasteiger partial charge in [-0.1, -0.05) is 17.7 Å². The lowest BCUT2D eigenvalue weighted by Crippen LogP contribution is -2.16. The first kappa shape index (κ1) is 11.7. The number of hydrogen-bond donors (Lipinski definition) is 2. The number of carboxylic acids is 1. The highest BCUT2D eigenvalue weighted by atomic mass is 35.5. The molecule has 0 amide bonds. The van der Waals surface area contributed by atoms with Gasteiger partial charge in [-0.15, -0.1) is 0 Å². The average Bonchev–Trinajstić information content (AvgIpc) is 2.25. The molecule has 1 aromatic carbocycles. The Labute approximate surface area is 102 Å². The lowest BCUT2D eigenvalue weighted by Gasteiger charge is -2.05. The number of aromatic amines is 1. The highest BCUT2D eigenvalue weighted by molar-refractivity contribution is 6.32. The minimum Gasteiger partial charge on any atom is -0.481 e. The van der Waals surface area contributed by atoms with Crippen molar-refractivity contribution in [3.05, 3.63) is 44.7 Å². The number of benzene rings is 1.